The molecule has 2 aliphatic heterocycles. The maximum atomic E-state index is 10.3. The zero-order chi connectivity index (χ0) is 21.5. The molecule has 32 heavy (non-hydrogen) atoms. The second-order valence-electron chi connectivity index (χ2n) is 7.72. The first kappa shape index (κ1) is 18.5. The van der Waals surface area contributed by atoms with Crippen molar-refractivity contribution in [3.05, 3.63) is 89.1 Å². The van der Waals surface area contributed by atoms with Crippen LogP contribution in [0.5, 0.6) is 0 Å². The first-order valence-electron chi connectivity index (χ1n) is 10.4. The summed E-state index contributed by atoms with van der Waals surface area (Å²) in [5, 5.41) is 10.3. The molecule has 4 aromatic rings. The van der Waals surface area contributed by atoms with Gasteiger partial charge in [0, 0.05) is 33.9 Å². The van der Waals surface area contributed by atoms with Gasteiger partial charge < -0.3 is 15.1 Å². The standard InChI is InChI=1S/C26H19N5O/c32-15-22-24-13-20-8-6-18(29-20)11-16-4-5-17(28-16)12-19-7-9-21(30-19)14-25(31-24)26(22)23-3-1-2-10-27-23/h1-14,28,31-32H,15H2. The van der Waals surface area contributed by atoms with Crippen molar-refractivity contribution < 1.29 is 5.11 Å². The SMILES string of the molecule is OCc1c(-c2ccccn2)c2cc3nc(cc4ccc(cc5nc(cc1[nH]2)C=C5)[nH]4)C=C3. The van der Waals surface area contributed by atoms with Gasteiger partial charge in [-0.15, -0.1) is 0 Å². The fourth-order valence-corrected chi connectivity index (χ4v) is 4.10. The van der Waals surface area contributed by atoms with Crippen molar-refractivity contribution in [2.75, 3.05) is 0 Å². The highest BCUT2D eigenvalue weighted by molar-refractivity contribution is 5.90. The van der Waals surface area contributed by atoms with Crippen LogP contribution in [0.15, 0.2) is 60.8 Å². The largest absolute Gasteiger partial charge is 0.392 e. The quantitative estimate of drug-likeness (QED) is 0.361. The first-order chi connectivity index (χ1) is 15.7. The number of aliphatic hydroxyl groups excluding tert-OH is 1. The molecule has 0 aromatic carbocycles. The summed E-state index contributed by atoms with van der Waals surface area (Å²) in [6, 6.07) is 17.8. The van der Waals surface area contributed by atoms with E-state index in [-0.39, 0.29) is 6.61 Å². The zero-order valence-electron chi connectivity index (χ0n) is 17.1. The van der Waals surface area contributed by atoms with Gasteiger partial charge in [0.1, 0.15) is 0 Å². The van der Waals surface area contributed by atoms with Crippen molar-refractivity contribution >= 4 is 46.4 Å². The molecule has 0 atom stereocenters. The lowest BCUT2D eigenvalue weighted by atomic mass is 10.1. The Hall–Kier alpha value is -4.29. The van der Waals surface area contributed by atoms with Crippen LogP contribution in [0.1, 0.15) is 28.3 Å². The second kappa shape index (κ2) is 7.44. The van der Waals surface area contributed by atoms with Gasteiger partial charge >= 0.3 is 0 Å². The van der Waals surface area contributed by atoms with Crippen LogP contribution in [-0.2, 0) is 6.61 Å². The number of aromatic amines is 2. The summed E-state index contributed by atoms with van der Waals surface area (Å²) in [5.41, 5.74) is 9.39. The van der Waals surface area contributed by atoms with E-state index in [1.54, 1.807) is 6.20 Å². The van der Waals surface area contributed by atoms with Crippen LogP contribution in [0.2, 0.25) is 0 Å². The molecule has 0 spiro atoms. The summed E-state index contributed by atoms with van der Waals surface area (Å²) in [7, 11) is 0. The Bertz CT molecular complexity index is 1560. The van der Waals surface area contributed by atoms with Gasteiger partial charge in [-0.1, -0.05) is 6.07 Å². The van der Waals surface area contributed by atoms with Crippen LogP contribution >= 0.6 is 0 Å². The van der Waals surface area contributed by atoms with Gasteiger partial charge in [0.2, 0.25) is 0 Å². The van der Waals surface area contributed by atoms with Crippen LogP contribution in [0.3, 0.4) is 0 Å². The van der Waals surface area contributed by atoms with Crippen molar-refractivity contribution in [1.29, 1.82) is 0 Å². The smallest absolute Gasteiger partial charge is 0.0727 e. The maximum absolute atomic E-state index is 10.3. The van der Waals surface area contributed by atoms with Gasteiger partial charge in [-0.05, 0) is 72.8 Å². The predicted octanol–water partition coefficient (Wildman–Crippen LogP) is 5.21. The minimum atomic E-state index is -0.125. The molecule has 0 radical (unpaired) electrons. The second-order valence-corrected chi connectivity index (χ2v) is 7.72. The fourth-order valence-electron chi connectivity index (χ4n) is 4.10. The summed E-state index contributed by atoms with van der Waals surface area (Å²) in [4.78, 5) is 20.8. The molecule has 0 fully saturated rings. The van der Waals surface area contributed by atoms with Gasteiger partial charge in [-0.2, -0.15) is 0 Å². The number of aliphatic hydroxyl groups is 1. The lowest BCUT2D eigenvalue weighted by Gasteiger charge is -2.01. The van der Waals surface area contributed by atoms with E-state index in [9.17, 15) is 5.11 Å². The number of hydrogen-bond donors (Lipinski definition) is 3. The number of hydrogen-bond acceptors (Lipinski definition) is 4. The van der Waals surface area contributed by atoms with Crippen LogP contribution < -0.4 is 0 Å². The average Bonchev–Trinajstić information content (AvgIpc) is 3.58. The number of nitrogens with zero attached hydrogens (tertiary/aromatic N) is 3. The van der Waals surface area contributed by atoms with E-state index in [0.717, 1.165) is 61.7 Å². The molecule has 8 bridgehead atoms. The van der Waals surface area contributed by atoms with E-state index in [1.165, 1.54) is 0 Å². The van der Waals surface area contributed by atoms with Crippen LogP contribution in [0, 0.1) is 0 Å². The Balaban J connectivity index is 1.73. The molecular formula is C26H19N5O. The highest BCUT2D eigenvalue weighted by atomic mass is 16.3. The Morgan fingerprint density at radius 2 is 1.31 bits per heavy atom. The number of nitrogens with one attached hydrogen (secondary N) is 2. The highest BCUT2D eigenvalue weighted by Gasteiger charge is 2.14. The first-order valence-corrected chi connectivity index (χ1v) is 10.4. The minimum absolute atomic E-state index is 0.125. The molecule has 2 aliphatic rings. The molecule has 154 valence electrons. The number of pyridine rings is 1. The molecule has 0 aliphatic carbocycles. The molecule has 4 aromatic heterocycles. The van der Waals surface area contributed by atoms with Gasteiger partial charge in [0.25, 0.3) is 0 Å². The van der Waals surface area contributed by atoms with Gasteiger partial charge in [0.15, 0.2) is 0 Å². The monoisotopic (exact) mass is 417 g/mol. The average molecular weight is 417 g/mol. The normalized spacial score (nSPS) is 12.4. The lowest BCUT2D eigenvalue weighted by molar-refractivity contribution is 0.284. The van der Waals surface area contributed by atoms with Crippen molar-refractivity contribution in [2.45, 2.75) is 6.61 Å². The Morgan fingerprint density at radius 3 is 1.91 bits per heavy atom. The number of fused-ring (bicyclic) bond motifs is 8. The molecule has 6 nitrogen and oxygen atoms in total. The number of aromatic nitrogens is 5. The van der Waals surface area contributed by atoms with Gasteiger partial charge in [-0.25, -0.2) is 9.97 Å². The number of H-pyrrole nitrogens is 2. The Kier molecular flexibility index (Phi) is 4.30. The van der Waals surface area contributed by atoms with Crippen LogP contribution in [0.25, 0.3) is 57.6 Å². The van der Waals surface area contributed by atoms with Gasteiger partial charge in [0.05, 0.1) is 40.6 Å². The third-order valence-corrected chi connectivity index (χ3v) is 5.53. The summed E-state index contributed by atoms with van der Waals surface area (Å²) in [6.07, 6.45) is 9.67. The van der Waals surface area contributed by atoms with Crippen molar-refractivity contribution in [3.63, 3.8) is 0 Å². The summed E-state index contributed by atoms with van der Waals surface area (Å²) < 4.78 is 0. The van der Waals surface area contributed by atoms with E-state index >= 15 is 0 Å². The molecular weight excluding hydrogens is 398 g/mol. The van der Waals surface area contributed by atoms with Crippen molar-refractivity contribution in [3.8, 4) is 11.3 Å². The summed E-state index contributed by atoms with van der Waals surface area (Å²) in [5.74, 6) is 0. The maximum Gasteiger partial charge on any atom is 0.0727 e. The van der Waals surface area contributed by atoms with E-state index in [0.29, 0.717) is 0 Å². The molecule has 0 saturated heterocycles. The minimum Gasteiger partial charge on any atom is -0.392 e. The zero-order valence-corrected chi connectivity index (χ0v) is 17.1. The molecule has 6 heterocycles. The van der Waals surface area contributed by atoms with Gasteiger partial charge in [-0.3, -0.25) is 4.98 Å². The lowest BCUT2D eigenvalue weighted by Crippen LogP contribution is -1.88. The molecule has 0 unspecified atom stereocenters. The summed E-state index contributed by atoms with van der Waals surface area (Å²) in [6.45, 7) is -0.125. The molecule has 6 heteroatoms. The van der Waals surface area contributed by atoms with Crippen molar-refractivity contribution in [1.82, 2.24) is 24.9 Å². The Labute approximate surface area is 183 Å². The number of rotatable bonds is 2. The molecule has 0 amide bonds. The van der Waals surface area contributed by atoms with Crippen LogP contribution in [-0.4, -0.2) is 30.0 Å². The van der Waals surface area contributed by atoms with Crippen molar-refractivity contribution in [2.24, 2.45) is 0 Å². The van der Waals surface area contributed by atoms with E-state index < -0.39 is 0 Å². The molecule has 0 saturated carbocycles. The fraction of sp³-hybridized carbons (Fsp3) is 0.0385. The van der Waals surface area contributed by atoms with Crippen LogP contribution in [0.4, 0.5) is 0 Å². The predicted molar refractivity (Wildman–Crippen MR) is 128 cm³/mol. The molecule has 6 rings (SSSR count). The topological polar surface area (TPSA) is 90.5 Å². The highest BCUT2D eigenvalue weighted by Crippen LogP contribution is 2.31. The Morgan fingerprint density at radius 1 is 0.688 bits per heavy atom. The summed E-state index contributed by atoms with van der Waals surface area (Å²) >= 11 is 0. The van der Waals surface area contributed by atoms with E-state index in [1.807, 2.05) is 78.9 Å². The molecule has 3 N–H and O–H groups in total. The van der Waals surface area contributed by atoms with E-state index in [4.69, 9.17) is 9.97 Å². The third-order valence-electron chi connectivity index (χ3n) is 5.53. The van der Waals surface area contributed by atoms with E-state index in [2.05, 4.69) is 15.0 Å². The third kappa shape index (κ3) is 3.33.